The van der Waals surface area contributed by atoms with Crippen LogP contribution in [0.25, 0.3) is 45.4 Å². The third-order valence-electron chi connectivity index (χ3n) is 4.00. The van der Waals surface area contributed by atoms with E-state index < -0.39 is 6.10 Å². The molecule has 3 aromatic rings. The molecular weight excluding hydrogens is 320 g/mol. The zero-order valence-electron chi connectivity index (χ0n) is 14.2. The van der Waals surface area contributed by atoms with Crippen molar-refractivity contribution in [2.75, 3.05) is 6.61 Å². The van der Waals surface area contributed by atoms with Crippen molar-refractivity contribution in [1.82, 2.24) is 0 Å². The van der Waals surface area contributed by atoms with Crippen molar-refractivity contribution in [2.24, 2.45) is 0 Å². The quantitative estimate of drug-likeness (QED) is 0.760. The van der Waals surface area contributed by atoms with Crippen molar-refractivity contribution in [3.63, 3.8) is 0 Å². The maximum absolute atomic E-state index is 9.75. The first kappa shape index (κ1) is 17.0. The Kier molecular flexibility index (Phi) is 4.90. The second-order valence-electron chi connectivity index (χ2n) is 5.77. The first-order valence-corrected chi connectivity index (χ1v) is 9.03. The maximum atomic E-state index is 9.75. The van der Waals surface area contributed by atoms with Crippen LogP contribution < -0.4 is 20.4 Å². The minimum atomic E-state index is -0.567. The van der Waals surface area contributed by atoms with E-state index in [1.165, 1.54) is 4.70 Å². The Morgan fingerprint density at radius 1 is 1.21 bits per heavy atom. The van der Waals surface area contributed by atoms with E-state index in [2.05, 4.69) is 25.1 Å². The summed E-state index contributed by atoms with van der Waals surface area (Å²) < 4.78 is 8.27. The fraction of sp³-hybridized carbons (Fsp3) is 0.300. The molecule has 24 heavy (non-hydrogen) atoms. The normalized spacial score (nSPS) is 16.9. The van der Waals surface area contributed by atoms with Crippen LogP contribution in [0.1, 0.15) is 27.2 Å². The van der Waals surface area contributed by atoms with E-state index in [0.717, 1.165) is 43.2 Å². The lowest BCUT2D eigenvalue weighted by atomic mass is 10.1. The number of thiophene rings is 1. The van der Waals surface area contributed by atoms with Crippen LogP contribution in [0.15, 0.2) is 16.5 Å². The van der Waals surface area contributed by atoms with Crippen LogP contribution in [0.5, 0.6) is 0 Å². The van der Waals surface area contributed by atoms with Crippen LogP contribution in [-0.4, -0.2) is 22.9 Å². The van der Waals surface area contributed by atoms with Crippen molar-refractivity contribution in [3.8, 4) is 0 Å². The Bertz CT molecular complexity index is 1110. The Labute approximate surface area is 144 Å². The van der Waals surface area contributed by atoms with Crippen LogP contribution in [0.3, 0.4) is 0 Å². The van der Waals surface area contributed by atoms with Crippen molar-refractivity contribution in [2.45, 2.75) is 33.3 Å². The third kappa shape index (κ3) is 2.81. The number of benzene rings is 1. The minimum Gasteiger partial charge on any atom is -0.456 e. The molecule has 0 aliphatic rings. The highest BCUT2D eigenvalue weighted by Crippen LogP contribution is 2.21. The monoisotopic (exact) mass is 342 g/mol. The molecule has 2 heterocycles. The van der Waals surface area contributed by atoms with Crippen molar-refractivity contribution in [3.05, 3.63) is 32.5 Å². The molecular formula is C20H22O3S. The van der Waals surface area contributed by atoms with Crippen LogP contribution in [0, 0.1) is 0 Å². The minimum absolute atomic E-state index is 0.0250. The fourth-order valence-corrected chi connectivity index (χ4v) is 4.31. The molecule has 0 saturated carbocycles. The summed E-state index contributed by atoms with van der Waals surface area (Å²) in [6.07, 6.45) is 8.14. The molecule has 0 fully saturated rings. The largest absolute Gasteiger partial charge is 0.456 e. The Morgan fingerprint density at radius 2 is 2.00 bits per heavy atom. The van der Waals surface area contributed by atoms with E-state index in [1.54, 1.807) is 24.3 Å². The maximum Gasteiger partial charge on any atom is 0.136 e. The van der Waals surface area contributed by atoms with Crippen LogP contribution >= 0.6 is 11.3 Å². The Hall–Kier alpha value is -1.88. The first-order chi connectivity index (χ1) is 11.6. The van der Waals surface area contributed by atoms with Crippen LogP contribution in [-0.2, 0) is 0 Å². The van der Waals surface area contributed by atoms with Crippen molar-refractivity contribution >= 4 is 56.7 Å². The SMILES string of the molecule is C/C=c1\c(=C/CO)sc2ccc3oc(=C/C(C)O)/c(=C\CC)c3c12. The molecule has 1 atom stereocenters. The molecule has 2 N–H and O–H groups in total. The standard InChI is InChI=1S/C20H22O3S/c1-4-6-14-16(11-12(3)22)23-15-7-8-18-20(19(14)15)13(5-2)17(24-18)9-10-21/h5-9,11-12,21-22H,4,10H2,1-3H3/b13-5+,14-6+,16-11+,17-9+. The lowest BCUT2D eigenvalue weighted by molar-refractivity contribution is 0.257. The van der Waals surface area contributed by atoms with Crippen LogP contribution in [0.2, 0.25) is 0 Å². The molecule has 0 saturated heterocycles. The summed E-state index contributed by atoms with van der Waals surface area (Å²) in [6.45, 7) is 5.86. The Morgan fingerprint density at radius 3 is 2.62 bits per heavy atom. The lowest BCUT2D eigenvalue weighted by Gasteiger charge is -1.93. The predicted octanol–water partition coefficient (Wildman–Crippen LogP) is 1.57. The summed E-state index contributed by atoms with van der Waals surface area (Å²) >= 11 is 1.68. The van der Waals surface area contributed by atoms with E-state index in [0.29, 0.717) is 0 Å². The number of furan rings is 1. The second-order valence-corrected chi connectivity index (χ2v) is 6.85. The molecule has 4 heteroatoms. The highest BCUT2D eigenvalue weighted by Gasteiger charge is 2.11. The molecule has 0 radical (unpaired) electrons. The molecule has 1 aromatic carbocycles. The van der Waals surface area contributed by atoms with E-state index >= 15 is 0 Å². The summed E-state index contributed by atoms with van der Waals surface area (Å²) in [5.74, 6) is 0. The van der Waals surface area contributed by atoms with Gasteiger partial charge in [0, 0.05) is 25.2 Å². The summed E-state index contributed by atoms with van der Waals surface area (Å²) in [5.41, 5.74) is 1.54. The number of fused-ring (bicyclic) bond motifs is 3. The second kappa shape index (κ2) is 6.93. The molecule has 0 aliphatic heterocycles. The van der Waals surface area contributed by atoms with E-state index in [1.807, 2.05) is 19.1 Å². The van der Waals surface area contributed by atoms with Gasteiger partial charge in [-0.3, -0.25) is 0 Å². The molecule has 0 bridgehead atoms. The highest BCUT2D eigenvalue weighted by molar-refractivity contribution is 7.17. The molecule has 0 spiro atoms. The van der Waals surface area contributed by atoms with Gasteiger partial charge >= 0.3 is 0 Å². The number of hydrogen-bond acceptors (Lipinski definition) is 4. The zero-order chi connectivity index (χ0) is 17.3. The number of aliphatic hydroxyl groups excluding tert-OH is 2. The summed E-state index contributed by atoms with van der Waals surface area (Å²) in [5, 5.41) is 23.5. The zero-order valence-corrected chi connectivity index (χ0v) is 15.0. The molecule has 0 amide bonds. The average molecular weight is 342 g/mol. The number of hydrogen-bond donors (Lipinski definition) is 2. The molecule has 2 aromatic heterocycles. The summed E-state index contributed by atoms with van der Waals surface area (Å²) in [7, 11) is 0. The van der Waals surface area contributed by atoms with Crippen molar-refractivity contribution in [1.29, 1.82) is 0 Å². The van der Waals surface area contributed by atoms with Gasteiger partial charge in [-0.25, -0.2) is 0 Å². The van der Waals surface area contributed by atoms with Gasteiger partial charge in [-0.05, 0) is 49.8 Å². The molecule has 0 aliphatic carbocycles. The summed E-state index contributed by atoms with van der Waals surface area (Å²) in [6, 6.07) is 4.05. The van der Waals surface area contributed by atoms with Gasteiger partial charge in [-0.2, -0.15) is 0 Å². The average Bonchev–Trinajstić information content (AvgIpc) is 3.05. The van der Waals surface area contributed by atoms with Gasteiger partial charge in [-0.15, -0.1) is 11.3 Å². The fourth-order valence-electron chi connectivity index (χ4n) is 3.13. The smallest absolute Gasteiger partial charge is 0.136 e. The van der Waals surface area contributed by atoms with Gasteiger partial charge in [0.05, 0.1) is 12.7 Å². The van der Waals surface area contributed by atoms with Crippen molar-refractivity contribution < 1.29 is 14.6 Å². The molecule has 3 nitrogen and oxygen atoms in total. The molecule has 126 valence electrons. The van der Waals surface area contributed by atoms with Gasteiger partial charge in [0.25, 0.3) is 0 Å². The molecule has 3 rings (SSSR count). The predicted molar refractivity (Wildman–Crippen MR) is 103 cm³/mol. The molecule has 1 unspecified atom stereocenters. The summed E-state index contributed by atoms with van der Waals surface area (Å²) in [4.78, 5) is 0. The number of rotatable bonds is 3. The van der Waals surface area contributed by atoms with Gasteiger partial charge < -0.3 is 14.6 Å². The van der Waals surface area contributed by atoms with Gasteiger partial charge in [-0.1, -0.05) is 19.1 Å². The van der Waals surface area contributed by atoms with E-state index in [9.17, 15) is 10.2 Å². The number of aliphatic hydroxyl groups is 2. The third-order valence-corrected chi connectivity index (χ3v) is 5.17. The lowest BCUT2D eigenvalue weighted by Crippen LogP contribution is -2.24. The van der Waals surface area contributed by atoms with E-state index in [4.69, 9.17) is 4.42 Å². The highest BCUT2D eigenvalue weighted by atomic mass is 32.1. The van der Waals surface area contributed by atoms with Gasteiger partial charge in [0.15, 0.2) is 0 Å². The van der Waals surface area contributed by atoms with Gasteiger partial charge in [0.1, 0.15) is 11.0 Å². The first-order valence-electron chi connectivity index (χ1n) is 8.22. The Balaban J connectivity index is 2.64. The topological polar surface area (TPSA) is 53.6 Å². The van der Waals surface area contributed by atoms with Crippen LogP contribution in [0.4, 0.5) is 0 Å². The van der Waals surface area contributed by atoms with E-state index in [-0.39, 0.29) is 6.61 Å². The van der Waals surface area contributed by atoms with Gasteiger partial charge in [0.2, 0.25) is 0 Å².